The fourth-order valence-electron chi connectivity index (χ4n) is 3.44. The molecule has 1 aromatic heterocycles. The van der Waals surface area contributed by atoms with Gasteiger partial charge in [-0.3, -0.25) is 0 Å². The second kappa shape index (κ2) is 7.38. The number of rotatable bonds is 5. The molecule has 0 radical (unpaired) electrons. The van der Waals surface area contributed by atoms with Crippen molar-refractivity contribution < 1.29 is 0 Å². The van der Waals surface area contributed by atoms with Crippen molar-refractivity contribution in [1.29, 1.82) is 0 Å². The summed E-state index contributed by atoms with van der Waals surface area (Å²) >= 11 is 1.96. The molecule has 4 aromatic rings. The predicted molar refractivity (Wildman–Crippen MR) is 111 cm³/mol. The Morgan fingerprint density at radius 3 is 2.42 bits per heavy atom. The van der Waals surface area contributed by atoms with Crippen LogP contribution >= 0.6 is 11.8 Å². The SMILES string of the molecule is Cc1cccc(C)c1SC(Cn1ccnc1)c1cccc2ccccc12. The first kappa shape index (κ1) is 16.9. The van der Waals surface area contributed by atoms with Gasteiger partial charge in [-0.2, -0.15) is 0 Å². The Morgan fingerprint density at radius 2 is 1.65 bits per heavy atom. The summed E-state index contributed by atoms with van der Waals surface area (Å²) in [6.45, 7) is 5.30. The smallest absolute Gasteiger partial charge is 0.0946 e. The third-order valence-corrected chi connectivity index (χ3v) is 6.34. The van der Waals surface area contributed by atoms with Crippen LogP contribution in [0.4, 0.5) is 0 Å². The molecule has 26 heavy (non-hydrogen) atoms. The fourth-order valence-corrected chi connectivity index (χ4v) is 4.82. The van der Waals surface area contributed by atoms with Gasteiger partial charge in [0.05, 0.1) is 11.6 Å². The van der Waals surface area contributed by atoms with Crippen LogP contribution in [-0.4, -0.2) is 9.55 Å². The van der Waals surface area contributed by atoms with Crippen molar-refractivity contribution >= 4 is 22.5 Å². The molecule has 0 aliphatic heterocycles. The molecule has 1 atom stereocenters. The lowest BCUT2D eigenvalue weighted by atomic mass is 10.0. The van der Waals surface area contributed by atoms with Crippen molar-refractivity contribution in [3.05, 3.63) is 96.1 Å². The topological polar surface area (TPSA) is 17.8 Å². The molecule has 130 valence electrons. The highest BCUT2D eigenvalue weighted by atomic mass is 32.2. The summed E-state index contributed by atoms with van der Waals surface area (Å²) in [6, 6.07) is 21.8. The monoisotopic (exact) mass is 358 g/mol. The van der Waals surface area contributed by atoms with Gasteiger partial charge in [-0.1, -0.05) is 60.7 Å². The zero-order chi connectivity index (χ0) is 17.9. The van der Waals surface area contributed by atoms with Crippen LogP contribution in [0.3, 0.4) is 0 Å². The lowest BCUT2D eigenvalue weighted by molar-refractivity contribution is 0.685. The molecule has 1 heterocycles. The van der Waals surface area contributed by atoms with Gasteiger partial charge in [-0.05, 0) is 41.3 Å². The number of benzene rings is 3. The number of hydrogen-bond acceptors (Lipinski definition) is 2. The van der Waals surface area contributed by atoms with Crippen molar-refractivity contribution in [2.24, 2.45) is 0 Å². The van der Waals surface area contributed by atoms with E-state index in [1.165, 1.54) is 32.4 Å². The molecule has 0 bridgehead atoms. The van der Waals surface area contributed by atoms with E-state index in [9.17, 15) is 0 Å². The van der Waals surface area contributed by atoms with E-state index in [1.54, 1.807) is 0 Å². The summed E-state index contributed by atoms with van der Waals surface area (Å²) < 4.78 is 2.17. The van der Waals surface area contributed by atoms with E-state index in [1.807, 2.05) is 30.5 Å². The van der Waals surface area contributed by atoms with Crippen LogP contribution in [0.5, 0.6) is 0 Å². The summed E-state index contributed by atoms with van der Waals surface area (Å²) in [6.07, 6.45) is 5.80. The van der Waals surface area contributed by atoms with Crippen LogP contribution in [0.2, 0.25) is 0 Å². The summed E-state index contributed by atoms with van der Waals surface area (Å²) in [4.78, 5) is 5.61. The molecule has 0 N–H and O–H groups in total. The van der Waals surface area contributed by atoms with Crippen molar-refractivity contribution in [2.75, 3.05) is 0 Å². The molecule has 1 unspecified atom stereocenters. The number of nitrogens with zero attached hydrogens (tertiary/aromatic N) is 2. The highest BCUT2D eigenvalue weighted by molar-refractivity contribution is 7.99. The average Bonchev–Trinajstić information content (AvgIpc) is 3.16. The zero-order valence-corrected chi connectivity index (χ0v) is 15.9. The predicted octanol–water partition coefficient (Wildman–Crippen LogP) is 6.19. The number of fused-ring (bicyclic) bond motifs is 1. The van der Waals surface area contributed by atoms with Gasteiger partial charge in [0, 0.05) is 23.8 Å². The first-order valence-corrected chi connectivity index (χ1v) is 9.76. The van der Waals surface area contributed by atoms with Gasteiger partial charge in [0.2, 0.25) is 0 Å². The Bertz CT molecular complexity index is 996. The van der Waals surface area contributed by atoms with E-state index in [4.69, 9.17) is 0 Å². The minimum Gasteiger partial charge on any atom is -0.336 e. The van der Waals surface area contributed by atoms with Crippen molar-refractivity contribution in [3.63, 3.8) is 0 Å². The Kier molecular flexibility index (Phi) is 4.81. The quantitative estimate of drug-likeness (QED) is 0.396. The van der Waals surface area contributed by atoms with Crippen LogP contribution in [-0.2, 0) is 6.54 Å². The summed E-state index contributed by atoms with van der Waals surface area (Å²) in [5.41, 5.74) is 4.06. The second-order valence-electron chi connectivity index (χ2n) is 6.66. The number of imidazole rings is 1. The Hall–Kier alpha value is -2.52. The number of thioether (sulfide) groups is 1. The van der Waals surface area contributed by atoms with Gasteiger partial charge in [-0.25, -0.2) is 4.98 Å². The Morgan fingerprint density at radius 1 is 0.923 bits per heavy atom. The minimum atomic E-state index is 0.315. The number of aryl methyl sites for hydroxylation is 2. The molecule has 0 amide bonds. The van der Waals surface area contributed by atoms with Crippen LogP contribution < -0.4 is 0 Å². The molecule has 0 saturated carbocycles. The Balaban J connectivity index is 1.80. The lowest BCUT2D eigenvalue weighted by Gasteiger charge is -2.21. The first-order valence-electron chi connectivity index (χ1n) is 8.88. The fraction of sp³-hybridized carbons (Fsp3) is 0.174. The number of aromatic nitrogens is 2. The van der Waals surface area contributed by atoms with Crippen LogP contribution in [0.25, 0.3) is 10.8 Å². The first-order chi connectivity index (χ1) is 12.7. The molecule has 0 spiro atoms. The van der Waals surface area contributed by atoms with E-state index >= 15 is 0 Å². The summed E-state index contributed by atoms with van der Waals surface area (Å²) in [5.74, 6) is 0. The van der Waals surface area contributed by atoms with Crippen molar-refractivity contribution in [1.82, 2.24) is 9.55 Å². The maximum Gasteiger partial charge on any atom is 0.0946 e. The third kappa shape index (κ3) is 3.40. The van der Waals surface area contributed by atoms with Gasteiger partial charge in [0.25, 0.3) is 0 Å². The van der Waals surface area contributed by atoms with E-state index in [0.717, 1.165) is 6.54 Å². The molecule has 0 aliphatic carbocycles. The molecule has 3 heteroatoms. The van der Waals surface area contributed by atoms with Gasteiger partial charge in [0.15, 0.2) is 0 Å². The minimum absolute atomic E-state index is 0.315. The molecule has 0 fully saturated rings. The van der Waals surface area contributed by atoms with E-state index < -0.39 is 0 Å². The van der Waals surface area contributed by atoms with Gasteiger partial charge in [-0.15, -0.1) is 11.8 Å². The zero-order valence-electron chi connectivity index (χ0n) is 15.1. The normalized spacial score (nSPS) is 12.4. The van der Waals surface area contributed by atoms with E-state index in [2.05, 4.69) is 84.1 Å². The van der Waals surface area contributed by atoms with Gasteiger partial charge >= 0.3 is 0 Å². The molecule has 0 saturated heterocycles. The maximum atomic E-state index is 4.23. The summed E-state index contributed by atoms with van der Waals surface area (Å²) in [7, 11) is 0. The van der Waals surface area contributed by atoms with Gasteiger partial charge < -0.3 is 4.57 Å². The highest BCUT2D eigenvalue weighted by Crippen LogP contribution is 2.42. The lowest BCUT2D eigenvalue weighted by Crippen LogP contribution is -2.06. The molecule has 4 rings (SSSR count). The van der Waals surface area contributed by atoms with Crippen LogP contribution in [0.15, 0.2) is 84.3 Å². The maximum absolute atomic E-state index is 4.23. The third-order valence-electron chi connectivity index (χ3n) is 4.77. The molecule has 2 nitrogen and oxygen atoms in total. The van der Waals surface area contributed by atoms with Crippen molar-refractivity contribution in [2.45, 2.75) is 30.5 Å². The second-order valence-corrected chi connectivity index (χ2v) is 7.87. The van der Waals surface area contributed by atoms with Crippen LogP contribution in [0, 0.1) is 13.8 Å². The molecule has 3 aromatic carbocycles. The Labute approximate surface area is 158 Å². The average molecular weight is 359 g/mol. The van der Waals surface area contributed by atoms with Crippen LogP contribution in [0.1, 0.15) is 21.9 Å². The number of hydrogen-bond donors (Lipinski definition) is 0. The standard InChI is InChI=1S/C23H22N2S/c1-17-7-5-8-18(2)23(17)26-22(15-25-14-13-24-16-25)21-12-6-10-19-9-3-4-11-20(19)21/h3-14,16,22H,15H2,1-2H3. The van der Waals surface area contributed by atoms with E-state index in [-0.39, 0.29) is 0 Å². The molecular formula is C23H22N2S. The van der Waals surface area contributed by atoms with Crippen molar-refractivity contribution in [3.8, 4) is 0 Å². The highest BCUT2D eigenvalue weighted by Gasteiger charge is 2.18. The van der Waals surface area contributed by atoms with Gasteiger partial charge in [0.1, 0.15) is 0 Å². The largest absolute Gasteiger partial charge is 0.336 e. The molecule has 0 aliphatic rings. The summed E-state index contributed by atoms with van der Waals surface area (Å²) in [5, 5.41) is 2.94. The van der Waals surface area contributed by atoms with E-state index in [0.29, 0.717) is 5.25 Å². The molecular weight excluding hydrogens is 336 g/mol.